The van der Waals surface area contributed by atoms with Crippen molar-refractivity contribution in [1.82, 2.24) is 4.98 Å². The van der Waals surface area contributed by atoms with Crippen molar-refractivity contribution in [1.29, 1.82) is 0 Å². The zero-order valence-corrected chi connectivity index (χ0v) is 16.4. The van der Waals surface area contributed by atoms with E-state index < -0.39 is 11.6 Å². The Kier molecular flexibility index (Phi) is 5.10. The van der Waals surface area contributed by atoms with E-state index in [1.165, 1.54) is 30.5 Å². The number of carbonyl (C=O) groups is 1. The quantitative estimate of drug-likeness (QED) is 0.592. The fourth-order valence-corrected chi connectivity index (χ4v) is 2.89. The fourth-order valence-electron chi connectivity index (χ4n) is 2.89. The molecule has 0 radical (unpaired) electrons. The Bertz CT molecular complexity index is 1110. The van der Waals surface area contributed by atoms with Gasteiger partial charge in [0.2, 0.25) is 11.7 Å². The second-order valence-corrected chi connectivity index (χ2v) is 7.07. The summed E-state index contributed by atoms with van der Waals surface area (Å²) < 4.78 is 31.0. The van der Waals surface area contributed by atoms with Gasteiger partial charge in [-0.3, -0.25) is 9.78 Å². The molecule has 0 fully saturated rings. The van der Waals surface area contributed by atoms with Gasteiger partial charge in [0.25, 0.3) is 0 Å². The molecular weight excluding hydrogens is 387 g/mol. The number of aromatic nitrogens is 1. The number of ether oxygens (including phenoxy) is 3. The molecule has 1 aliphatic heterocycles. The number of pyridine rings is 1. The van der Waals surface area contributed by atoms with Crippen LogP contribution in [0.3, 0.4) is 0 Å². The van der Waals surface area contributed by atoms with Gasteiger partial charge in [-0.2, -0.15) is 0 Å². The Morgan fingerprint density at radius 1 is 1.13 bits per heavy atom. The molecule has 0 atom stereocenters. The summed E-state index contributed by atoms with van der Waals surface area (Å²) in [6.45, 7) is 3.61. The summed E-state index contributed by atoms with van der Waals surface area (Å²) in [5.41, 5.74) is 1.09. The maximum Gasteiger partial charge on any atom is 0.248 e. The maximum atomic E-state index is 14.3. The number of nitrogens with one attached hydrogen (secondary N) is 1. The summed E-state index contributed by atoms with van der Waals surface area (Å²) >= 11 is 0. The summed E-state index contributed by atoms with van der Waals surface area (Å²) in [6.07, 6.45) is 5.94. The van der Waals surface area contributed by atoms with E-state index in [2.05, 4.69) is 10.3 Å². The SMILES string of the molecule is CC1(C)Oc2ccc(NC(=O)/C=C/c3ccc(Oc4cccnc4)c(F)c3)cc2O1. The molecule has 0 saturated carbocycles. The average Bonchev–Trinajstić information content (AvgIpc) is 3.02. The van der Waals surface area contributed by atoms with Crippen LogP contribution in [0.1, 0.15) is 19.4 Å². The minimum atomic E-state index is -0.734. The Morgan fingerprint density at radius 3 is 2.73 bits per heavy atom. The van der Waals surface area contributed by atoms with Crippen LogP contribution in [-0.4, -0.2) is 16.7 Å². The van der Waals surface area contributed by atoms with Crippen molar-refractivity contribution >= 4 is 17.7 Å². The van der Waals surface area contributed by atoms with Gasteiger partial charge in [0.05, 0.1) is 6.20 Å². The van der Waals surface area contributed by atoms with Gasteiger partial charge in [-0.15, -0.1) is 0 Å². The highest BCUT2D eigenvalue weighted by Gasteiger charge is 2.31. The van der Waals surface area contributed by atoms with E-state index in [9.17, 15) is 9.18 Å². The molecule has 2 aromatic carbocycles. The molecule has 0 aliphatic carbocycles. The third-order valence-electron chi connectivity index (χ3n) is 4.17. The van der Waals surface area contributed by atoms with Gasteiger partial charge >= 0.3 is 0 Å². The zero-order chi connectivity index (χ0) is 21.1. The number of hydrogen-bond acceptors (Lipinski definition) is 5. The van der Waals surface area contributed by atoms with E-state index in [1.54, 1.807) is 56.4 Å². The van der Waals surface area contributed by atoms with Crippen LogP contribution in [0, 0.1) is 5.82 Å². The topological polar surface area (TPSA) is 69.7 Å². The first-order chi connectivity index (χ1) is 14.4. The van der Waals surface area contributed by atoms with Gasteiger partial charge in [0.15, 0.2) is 23.1 Å². The first kappa shape index (κ1) is 19.4. The van der Waals surface area contributed by atoms with Crippen molar-refractivity contribution in [3.63, 3.8) is 0 Å². The molecular formula is C23H19FN2O4. The molecule has 0 saturated heterocycles. The molecule has 1 aliphatic rings. The Morgan fingerprint density at radius 2 is 1.97 bits per heavy atom. The minimum Gasteiger partial charge on any atom is -0.453 e. The van der Waals surface area contributed by atoms with Crippen molar-refractivity contribution in [2.24, 2.45) is 0 Å². The third-order valence-corrected chi connectivity index (χ3v) is 4.17. The molecule has 1 amide bonds. The van der Waals surface area contributed by atoms with Crippen molar-refractivity contribution < 1.29 is 23.4 Å². The number of halogens is 1. The number of benzene rings is 2. The minimum absolute atomic E-state index is 0.0767. The van der Waals surface area contributed by atoms with Crippen LogP contribution in [-0.2, 0) is 4.79 Å². The highest BCUT2D eigenvalue weighted by atomic mass is 19.1. The number of nitrogens with zero attached hydrogens (tertiary/aromatic N) is 1. The first-order valence-corrected chi connectivity index (χ1v) is 9.27. The largest absolute Gasteiger partial charge is 0.453 e. The molecule has 2 heterocycles. The van der Waals surface area contributed by atoms with E-state index in [0.717, 1.165) is 0 Å². The summed E-state index contributed by atoms with van der Waals surface area (Å²) in [4.78, 5) is 16.1. The number of amides is 1. The monoisotopic (exact) mass is 406 g/mol. The van der Waals surface area contributed by atoms with Gasteiger partial charge in [0.1, 0.15) is 5.75 Å². The van der Waals surface area contributed by atoms with Crippen LogP contribution < -0.4 is 19.5 Å². The highest BCUT2D eigenvalue weighted by Crippen LogP contribution is 2.40. The van der Waals surface area contributed by atoms with Crippen LogP contribution in [0.4, 0.5) is 10.1 Å². The second-order valence-electron chi connectivity index (χ2n) is 7.07. The van der Waals surface area contributed by atoms with Gasteiger partial charge in [0, 0.05) is 37.9 Å². The average molecular weight is 406 g/mol. The third kappa shape index (κ3) is 4.57. The fraction of sp³-hybridized carbons (Fsp3) is 0.130. The number of carbonyl (C=O) groups excluding carboxylic acids is 1. The van der Waals surface area contributed by atoms with Gasteiger partial charge in [-0.05, 0) is 48.0 Å². The predicted molar refractivity (Wildman–Crippen MR) is 110 cm³/mol. The molecule has 0 spiro atoms. The summed E-state index contributed by atoms with van der Waals surface area (Å²) in [5.74, 6) is 0.0655. The lowest BCUT2D eigenvalue weighted by Crippen LogP contribution is -2.29. The van der Waals surface area contributed by atoms with E-state index in [4.69, 9.17) is 14.2 Å². The van der Waals surface area contributed by atoms with Gasteiger partial charge in [-0.25, -0.2) is 4.39 Å². The van der Waals surface area contributed by atoms with Crippen molar-refractivity contribution in [2.75, 3.05) is 5.32 Å². The number of hydrogen-bond donors (Lipinski definition) is 1. The van der Waals surface area contributed by atoms with Crippen LogP contribution in [0.2, 0.25) is 0 Å². The van der Waals surface area contributed by atoms with Crippen LogP contribution >= 0.6 is 0 Å². The Hall–Kier alpha value is -3.87. The Balaban J connectivity index is 1.39. The van der Waals surface area contributed by atoms with Crippen molar-refractivity contribution in [3.8, 4) is 23.0 Å². The number of rotatable bonds is 5. The van der Waals surface area contributed by atoms with Crippen LogP contribution in [0.25, 0.3) is 6.08 Å². The number of anilines is 1. The standard InChI is InChI=1S/C23H19FN2O4/c1-23(2)29-20-9-7-16(13-21(20)30-23)26-22(27)10-6-15-5-8-19(18(24)12-15)28-17-4-3-11-25-14-17/h3-14H,1-2H3,(H,26,27)/b10-6+. The van der Waals surface area contributed by atoms with Crippen LogP contribution in [0.15, 0.2) is 67.0 Å². The lowest BCUT2D eigenvalue weighted by atomic mass is 10.2. The zero-order valence-electron chi connectivity index (χ0n) is 16.4. The molecule has 152 valence electrons. The smallest absolute Gasteiger partial charge is 0.248 e. The lowest BCUT2D eigenvalue weighted by molar-refractivity contribution is -0.111. The second kappa shape index (κ2) is 7.87. The molecule has 30 heavy (non-hydrogen) atoms. The molecule has 1 aromatic heterocycles. The molecule has 4 rings (SSSR count). The molecule has 7 heteroatoms. The predicted octanol–water partition coefficient (Wildman–Crippen LogP) is 5.17. The maximum absolute atomic E-state index is 14.3. The van der Waals surface area contributed by atoms with Crippen molar-refractivity contribution in [2.45, 2.75) is 19.6 Å². The van der Waals surface area contributed by atoms with E-state index in [-0.39, 0.29) is 11.7 Å². The summed E-state index contributed by atoms with van der Waals surface area (Å²) in [6, 6.07) is 13.0. The Labute approximate surface area is 172 Å². The van der Waals surface area contributed by atoms with Gasteiger partial charge in [-0.1, -0.05) is 6.07 Å². The molecule has 0 unspecified atom stereocenters. The summed E-state index contributed by atoms with van der Waals surface area (Å²) in [5, 5.41) is 2.74. The van der Waals surface area contributed by atoms with E-state index >= 15 is 0 Å². The lowest BCUT2D eigenvalue weighted by Gasteiger charge is -2.16. The number of fused-ring (bicyclic) bond motifs is 1. The van der Waals surface area contributed by atoms with Gasteiger partial charge < -0.3 is 19.5 Å². The molecule has 1 N–H and O–H groups in total. The first-order valence-electron chi connectivity index (χ1n) is 9.27. The molecule has 6 nitrogen and oxygen atoms in total. The van der Waals surface area contributed by atoms with E-state index in [0.29, 0.717) is 28.5 Å². The van der Waals surface area contributed by atoms with E-state index in [1.807, 2.05) is 0 Å². The molecule has 3 aromatic rings. The highest BCUT2D eigenvalue weighted by molar-refractivity contribution is 6.02. The molecule has 0 bridgehead atoms. The normalized spacial score (nSPS) is 14.0. The summed E-state index contributed by atoms with van der Waals surface area (Å²) in [7, 11) is 0. The van der Waals surface area contributed by atoms with Crippen LogP contribution in [0.5, 0.6) is 23.0 Å². The van der Waals surface area contributed by atoms with Crippen molar-refractivity contribution in [3.05, 3.63) is 78.4 Å².